The highest BCUT2D eigenvalue weighted by Gasteiger charge is 2.09. The first-order valence-electron chi connectivity index (χ1n) is 9.48. The van der Waals surface area contributed by atoms with Crippen molar-refractivity contribution >= 4 is 28.7 Å². The van der Waals surface area contributed by atoms with E-state index in [2.05, 4.69) is 27.0 Å². The van der Waals surface area contributed by atoms with Crippen LogP contribution in [0.25, 0.3) is 17.1 Å². The summed E-state index contributed by atoms with van der Waals surface area (Å²) in [5.41, 5.74) is 4.19. The molecule has 0 saturated heterocycles. The van der Waals surface area contributed by atoms with Gasteiger partial charge in [0.05, 0.1) is 24.6 Å². The molecule has 1 heterocycles. The minimum atomic E-state index is -0.282. The zero-order valence-corrected chi connectivity index (χ0v) is 16.4. The van der Waals surface area contributed by atoms with Crippen molar-refractivity contribution in [3.63, 3.8) is 0 Å². The molecular formula is C24H21N3O3. The van der Waals surface area contributed by atoms with Crippen LogP contribution < -0.4 is 10.1 Å². The molecule has 6 heteroatoms. The van der Waals surface area contributed by atoms with Gasteiger partial charge in [0.15, 0.2) is 11.5 Å². The topological polar surface area (TPSA) is 76.4 Å². The number of rotatable bonds is 6. The molecule has 150 valence electrons. The third-order valence-corrected chi connectivity index (χ3v) is 4.73. The van der Waals surface area contributed by atoms with Gasteiger partial charge in [0.2, 0.25) is 5.91 Å². The summed E-state index contributed by atoms with van der Waals surface area (Å²) in [6.07, 6.45) is 4.83. The first-order valence-corrected chi connectivity index (χ1v) is 9.48. The van der Waals surface area contributed by atoms with E-state index in [1.807, 2.05) is 36.4 Å². The predicted octanol–water partition coefficient (Wildman–Crippen LogP) is 4.45. The molecule has 30 heavy (non-hydrogen) atoms. The van der Waals surface area contributed by atoms with Crippen molar-refractivity contribution in [3.8, 4) is 11.5 Å². The fraction of sp³-hybridized carbons (Fsp3) is 0.0833. The lowest BCUT2D eigenvalue weighted by Crippen LogP contribution is -2.08. The first-order chi connectivity index (χ1) is 14.6. The van der Waals surface area contributed by atoms with Crippen LogP contribution in [-0.2, 0) is 11.3 Å². The third-order valence-electron chi connectivity index (χ3n) is 4.73. The highest BCUT2D eigenvalue weighted by molar-refractivity contribution is 6.06. The molecule has 1 aromatic heterocycles. The molecule has 0 aliphatic heterocycles. The van der Waals surface area contributed by atoms with Crippen LogP contribution >= 0.6 is 0 Å². The van der Waals surface area contributed by atoms with Gasteiger partial charge < -0.3 is 19.7 Å². The van der Waals surface area contributed by atoms with E-state index in [9.17, 15) is 9.90 Å². The Bertz CT molecular complexity index is 1210. The van der Waals surface area contributed by atoms with Crippen LogP contribution in [0.3, 0.4) is 0 Å². The molecular weight excluding hydrogens is 378 g/mol. The molecule has 4 aromatic rings. The van der Waals surface area contributed by atoms with Gasteiger partial charge in [0, 0.05) is 12.6 Å². The second-order valence-corrected chi connectivity index (χ2v) is 6.79. The normalized spacial score (nSPS) is 11.1. The number of imidazole rings is 1. The Morgan fingerprint density at radius 2 is 1.97 bits per heavy atom. The zero-order chi connectivity index (χ0) is 20.9. The molecule has 1 amide bonds. The van der Waals surface area contributed by atoms with Gasteiger partial charge in [0.25, 0.3) is 0 Å². The van der Waals surface area contributed by atoms with E-state index in [0.29, 0.717) is 23.5 Å². The number of ether oxygens (including phenoxy) is 1. The number of carbonyl (C=O) groups is 1. The fourth-order valence-corrected chi connectivity index (χ4v) is 3.25. The van der Waals surface area contributed by atoms with Gasteiger partial charge in [-0.25, -0.2) is 4.98 Å². The Morgan fingerprint density at radius 1 is 1.13 bits per heavy atom. The Kier molecular flexibility index (Phi) is 5.48. The maximum Gasteiger partial charge on any atom is 0.248 e. The van der Waals surface area contributed by atoms with Crippen LogP contribution in [0.5, 0.6) is 11.5 Å². The lowest BCUT2D eigenvalue weighted by atomic mass is 10.2. The highest BCUT2D eigenvalue weighted by atomic mass is 16.5. The van der Waals surface area contributed by atoms with Crippen LogP contribution in [0.4, 0.5) is 5.69 Å². The molecule has 0 unspecified atom stereocenters. The first kappa shape index (κ1) is 19.3. The lowest BCUT2D eigenvalue weighted by molar-refractivity contribution is -0.111. The van der Waals surface area contributed by atoms with Gasteiger partial charge in [-0.3, -0.25) is 4.79 Å². The highest BCUT2D eigenvalue weighted by Crippen LogP contribution is 2.27. The minimum Gasteiger partial charge on any atom is -0.504 e. The van der Waals surface area contributed by atoms with E-state index in [-0.39, 0.29) is 11.7 Å². The molecule has 0 atom stereocenters. The monoisotopic (exact) mass is 399 g/mol. The van der Waals surface area contributed by atoms with E-state index in [0.717, 1.165) is 11.0 Å². The molecule has 6 nitrogen and oxygen atoms in total. The number of anilines is 1. The lowest BCUT2D eigenvalue weighted by Gasteiger charge is -2.07. The van der Waals surface area contributed by atoms with Crippen molar-refractivity contribution in [1.82, 2.24) is 9.55 Å². The molecule has 0 radical (unpaired) electrons. The molecule has 0 fully saturated rings. The molecule has 0 aliphatic rings. The molecule has 0 bridgehead atoms. The molecule has 0 aliphatic carbocycles. The number of aromatic nitrogens is 2. The van der Waals surface area contributed by atoms with Crippen molar-refractivity contribution in [2.75, 3.05) is 12.4 Å². The molecule has 0 spiro atoms. The van der Waals surface area contributed by atoms with Gasteiger partial charge >= 0.3 is 0 Å². The molecule has 3 aromatic carbocycles. The maximum absolute atomic E-state index is 12.4. The van der Waals surface area contributed by atoms with Gasteiger partial charge in [-0.1, -0.05) is 42.5 Å². The summed E-state index contributed by atoms with van der Waals surface area (Å²) in [4.78, 5) is 16.9. The summed E-state index contributed by atoms with van der Waals surface area (Å²) in [5, 5.41) is 12.7. The number of methoxy groups -OCH3 is 1. The summed E-state index contributed by atoms with van der Waals surface area (Å²) in [5.74, 6) is 0.124. The van der Waals surface area contributed by atoms with Crippen LogP contribution in [0.1, 0.15) is 11.1 Å². The van der Waals surface area contributed by atoms with E-state index in [1.54, 1.807) is 24.5 Å². The number of carbonyl (C=O) groups excluding carboxylic acids is 1. The minimum absolute atomic E-state index is 0.0220. The van der Waals surface area contributed by atoms with Gasteiger partial charge in [-0.15, -0.1) is 0 Å². The Morgan fingerprint density at radius 3 is 2.73 bits per heavy atom. The standard InChI is InChI=1S/C24H21N3O3/c1-30-22-12-10-17(14-21(22)28)11-13-23(29)26-19-8-5-9-20-24(19)25-16-27(20)15-18-6-3-2-4-7-18/h2-14,16,28H,15H2,1H3,(H,26,29)/b13-11+. The van der Waals surface area contributed by atoms with Crippen molar-refractivity contribution in [3.05, 3.63) is 90.3 Å². The Hall–Kier alpha value is -4.06. The van der Waals surface area contributed by atoms with Crippen molar-refractivity contribution in [2.45, 2.75) is 6.54 Å². The second-order valence-electron chi connectivity index (χ2n) is 6.79. The average molecular weight is 399 g/mol. The number of hydrogen-bond acceptors (Lipinski definition) is 4. The number of benzene rings is 3. The quantitative estimate of drug-likeness (QED) is 0.470. The van der Waals surface area contributed by atoms with E-state index >= 15 is 0 Å². The number of phenolic OH excluding ortho intramolecular Hbond substituents is 1. The van der Waals surface area contributed by atoms with Crippen LogP contribution in [0, 0.1) is 0 Å². The Balaban J connectivity index is 1.51. The average Bonchev–Trinajstić information content (AvgIpc) is 3.17. The fourth-order valence-electron chi connectivity index (χ4n) is 3.25. The smallest absolute Gasteiger partial charge is 0.248 e. The van der Waals surface area contributed by atoms with Crippen LogP contribution in [0.2, 0.25) is 0 Å². The maximum atomic E-state index is 12.4. The Labute approximate surface area is 174 Å². The predicted molar refractivity (Wildman–Crippen MR) is 118 cm³/mol. The zero-order valence-electron chi connectivity index (χ0n) is 16.4. The summed E-state index contributed by atoms with van der Waals surface area (Å²) < 4.78 is 7.07. The molecule has 0 saturated carbocycles. The number of phenols is 1. The number of amides is 1. The van der Waals surface area contributed by atoms with Crippen molar-refractivity contribution < 1.29 is 14.6 Å². The van der Waals surface area contributed by atoms with Gasteiger partial charge in [0.1, 0.15) is 5.52 Å². The molecule has 4 rings (SSSR count). The largest absolute Gasteiger partial charge is 0.504 e. The number of nitrogens with zero attached hydrogens (tertiary/aromatic N) is 2. The number of hydrogen-bond donors (Lipinski definition) is 2. The van der Waals surface area contributed by atoms with Gasteiger partial charge in [-0.2, -0.15) is 0 Å². The van der Waals surface area contributed by atoms with Crippen molar-refractivity contribution in [2.24, 2.45) is 0 Å². The van der Waals surface area contributed by atoms with Crippen LogP contribution in [0.15, 0.2) is 79.1 Å². The van der Waals surface area contributed by atoms with Crippen molar-refractivity contribution in [1.29, 1.82) is 0 Å². The van der Waals surface area contributed by atoms with Crippen LogP contribution in [-0.4, -0.2) is 27.7 Å². The summed E-state index contributed by atoms with van der Waals surface area (Å²) in [6, 6.07) is 20.8. The van der Waals surface area contributed by atoms with E-state index in [4.69, 9.17) is 4.74 Å². The van der Waals surface area contributed by atoms with E-state index < -0.39 is 0 Å². The SMILES string of the molecule is COc1ccc(/C=C/C(=O)Nc2cccc3c2ncn3Cc2ccccc2)cc1O. The number of aromatic hydroxyl groups is 1. The number of fused-ring (bicyclic) bond motifs is 1. The second kappa shape index (κ2) is 8.53. The summed E-state index contributed by atoms with van der Waals surface area (Å²) in [7, 11) is 1.49. The third kappa shape index (κ3) is 4.17. The number of para-hydroxylation sites is 1. The number of nitrogens with one attached hydrogen (secondary N) is 1. The summed E-state index contributed by atoms with van der Waals surface area (Å²) >= 11 is 0. The van der Waals surface area contributed by atoms with E-state index in [1.165, 1.54) is 24.8 Å². The summed E-state index contributed by atoms with van der Waals surface area (Å²) in [6.45, 7) is 0.704. The molecule has 2 N–H and O–H groups in total. The van der Waals surface area contributed by atoms with Gasteiger partial charge in [-0.05, 0) is 41.5 Å².